The highest BCUT2D eigenvalue weighted by atomic mass is 32.2. The van der Waals surface area contributed by atoms with Crippen molar-refractivity contribution in [2.45, 2.75) is 30.7 Å². The Balaban J connectivity index is 1.98. The molecule has 0 fully saturated rings. The quantitative estimate of drug-likeness (QED) is 0.608. The molecule has 0 unspecified atom stereocenters. The van der Waals surface area contributed by atoms with E-state index in [1.54, 1.807) is 48.5 Å². The van der Waals surface area contributed by atoms with Crippen molar-refractivity contribution in [3.05, 3.63) is 102 Å². The van der Waals surface area contributed by atoms with Crippen LogP contribution in [0.3, 0.4) is 0 Å². The van der Waals surface area contributed by atoms with E-state index in [0.717, 1.165) is 11.1 Å². The molecule has 0 spiro atoms. The molecule has 0 aliphatic carbocycles. The third-order valence-corrected chi connectivity index (χ3v) is 6.24. The lowest BCUT2D eigenvalue weighted by Crippen LogP contribution is -2.44. The van der Waals surface area contributed by atoms with E-state index in [1.165, 1.54) is 0 Å². The maximum absolute atomic E-state index is 13.2. The maximum atomic E-state index is 13.2. The van der Waals surface area contributed by atoms with Crippen molar-refractivity contribution in [3.8, 4) is 0 Å². The second kappa shape index (κ2) is 8.50. The van der Waals surface area contributed by atoms with Crippen molar-refractivity contribution in [2.24, 2.45) is 0 Å². The molecule has 0 heterocycles. The van der Waals surface area contributed by atoms with Gasteiger partial charge in [-0.2, -0.15) is 4.72 Å². The molecule has 144 valence electrons. The molecule has 1 N–H and O–H groups in total. The number of nitrogens with one attached hydrogen (secondary N) is 1. The van der Waals surface area contributed by atoms with E-state index < -0.39 is 16.1 Å². The van der Waals surface area contributed by atoms with Crippen molar-refractivity contribution in [1.82, 2.24) is 4.72 Å². The lowest BCUT2D eigenvalue weighted by molar-refractivity contribution is 0.0942. The largest absolute Gasteiger partial charge is 0.292 e. The maximum Gasteiger partial charge on any atom is 0.241 e. The van der Waals surface area contributed by atoms with E-state index in [-0.39, 0.29) is 16.6 Å². The van der Waals surface area contributed by atoms with E-state index in [2.05, 4.69) is 4.72 Å². The number of hydrogen-bond donors (Lipinski definition) is 1. The summed E-state index contributed by atoms with van der Waals surface area (Å²) in [4.78, 5) is 13.3. The molecule has 4 nitrogen and oxygen atoms in total. The number of hydrogen-bond acceptors (Lipinski definition) is 3. The third-order valence-electron chi connectivity index (χ3n) is 4.78. The van der Waals surface area contributed by atoms with E-state index in [9.17, 15) is 13.2 Å². The van der Waals surface area contributed by atoms with Crippen molar-refractivity contribution in [3.63, 3.8) is 0 Å². The summed E-state index contributed by atoms with van der Waals surface area (Å²) in [6.45, 7) is 3.75. The van der Waals surface area contributed by atoms with Gasteiger partial charge in [0.1, 0.15) is 0 Å². The predicted molar refractivity (Wildman–Crippen MR) is 111 cm³/mol. The summed E-state index contributed by atoms with van der Waals surface area (Å²) >= 11 is 0. The van der Waals surface area contributed by atoms with Crippen LogP contribution in [0.5, 0.6) is 0 Å². The SMILES string of the molecule is Cc1ccc(S(=O)(=O)N[C@H](C(=O)c2ccccc2)[C@H](C)c2ccccc2)cc1. The van der Waals surface area contributed by atoms with Gasteiger partial charge in [0.05, 0.1) is 10.9 Å². The molecule has 0 amide bonds. The molecule has 0 saturated heterocycles. The average molecular weight is 394 g/mol. The normalized spacial score (nSPS) is 13.6. The molecule has 3 aromatic rings. The molecule has 0 bridgehead atoms. The summed E-state index contributed by atoms with van der Waals surface area (Å²) in [6.07, 6.45) is 0. The molecule has 0 aliphatic heterocycles. The molecule has 28 heavy (non-hydrogen) atoms. The van der Waals surface area contributed by atoms with Gasteiger partial charge in [0, 0.05) is 11.5 Å². The molecule has 3 rings (SSSR count). The van der Waals surface area contributed by atoms with Crippen LogP contribution in [0.15, 0.2) is 89.8 Å². The standard InChI is InChI=1S/C23H23NO3S/c1-17-13-15-21(16-14-17)28(26,27)24-22(18(2)19-9-5-3-6-10-19)23(25)20-11-7-4-8-12-20/h3-16,18,22,24H,1-2H3/t18-,22+/m1/s1. The van der Waals surface area contributed by atoms with E-state index in [1.807, 2.05) is 50.2 Å². The number of sulfonamides is 1. The van der Waals surface area contributed by atoms with Gasteiger partial charge in [0.2, 0.25) is 10.0 Å². The zero-order chi connectivity index (χ0) is 20.1. The number of benzene rings is 3. The van der Waals surface area contributed by atoms with Crippen molar-refractivity contribution in [2.75, 3.05) is 0 Å². The van der Waals surface area contributed by atoms with Gasteiger partial charge < -0.3 is 0 Å². The minimum Gasteiger partial charge on any atom is -0.292 e. The molecule has 3 aromatic carbocycles. The molecule has 0 aliphatic rings. The van der Waals surface area contributed by atoms with Crippen LogP contribution in [0.2, 0.25) is 0 Å². The highest BCUT2D eigenvalue weighted by Crippen LogP contribution is 2.24. The molecular formula is C23H23NO3S. The van der Waals surface area contributed by atoms with Gasteiger partial charge in [0.25, 0.3) is 0 Å². The Labute approximate surface area is 166 Å². The Kier molecular flexibility index (Phi) is 6.07. The number of Topliss-reactive ketones (excluding diaryl/α,β-unsaturated/α-hetero) is 1. The molecule has 2 atom stereocenters. The second-order valence-electron chi connectivity index (χ2n) is 6.84. The first kappa shape index (κ1) is 20.0. The van der Waals surface area contributed by atoms with Crippen molar-refractivity contribution in [1.29, 1.82) is 0 Å². The van der Waals surface area contributed by atoms with Crippen LogP contribution in [0.25, 0.3) is 0 Å². The molecule has 0 radical (unpaired) electrons. The topological polar surface area (TPSA) is 63.2 Å². The minimum absolute atomic E-state index is 0.143. The van der Waals surface area contributed by atoms with Crippen LogP contribution < -0.4 is 4.72 Å². The Morgan fingerprint density at radius 2 is 1.36 bits per heavy atom. The van der Waals surface area contributed by atoms with Gasteiger partial charge in [-0.1, -0.05) is 85.3 Å². The monoisotopic (exact) mass is 393 g/mol. The average Bonchev–Trinajstić information content (AvgIpc) is 2.72. The first-order valence-corrected chi connectivity index (χ1v) is 10.6. The summed E-state index contributed by atoms with van der Waals surface area (Å²) in [7, 11) is -3.85. The number of aryl methyl sites for hydroxylation is 1. The molecular weight excluding hydrogens is 370 g/mol. The summed E-state index contributed by atoms with van der Waals surface area (Å²) < 4.78 is 28.6. The van der Waals surface area contributed by atoms with E-state index in [4.69, 9.17) is 0 Å². The highest BCUT2D eigenvalue weighted by Gasteiger charge is 2.31. The number of ketones is 1. The fraction of sp³-hybridized carbons (Fsp3) is 0.174. The summed E-state index contributed by atoms with van der Waals surface area (Å²) in [5.41, 5.74) is 2.33. The van der Waals surface area contributed by atoms with E-state index in [0.29, 0.717) is 5.56 Å². The second-order valence-corrected chi connectivity index (χ2v) is 8.56. The smallest absolute Gasteiger partial charge is 0.241 e. The summed E-state index contributed by atoms with van der Waals surface area (Å²) in [6, 6.07) is 23.9. The van der Waals surface area contributed by atoms with Gasteiger partial charge >= 0.3 is 0 Å². The summed E-state index contributed by atoms with van der Waals surface area (Å²) in [5, 5.41) is 0. The zero-order valence-corrected chi connectivity index (χ0v) is 16.7. The number of carbonyl (C=O) groups is 1. The van der Waals surface area contributed by atoms with Crippen LogP contribution in [0.1, 0.15) is 34.3 Å². The van der Waals surface area contributed by atoms with Crippen LogP contribution in [-0.2, 0) is 10.0 Å². The van der Waals surface area contributed by atoms with Crippen LogP contribution >= 0.6 is 0 Å². The lowest BCUT2D eigenvalue weighted by Gasteiger charge is -2.24. The molecule has 5 heteroatoms. The third kappa shape index (κ3) is 4.55. The van der Waals surface area contributed by atoms with Crippen LogP contribution in [0, 0.1) is 6.92 Å². The predicted octanol–water partition coefficient (Wildman–Crippen LogP) is 4.33. The van der Waals surface area contributed by atoms with Crippen molar-refractivity contribution >= 4 is 15.8 Å². The fourth-order valence-corrected chi connectivity index (χ4v) is 4.34. The Morgan fingerprint density at radius 3 is 1.93 bits per heavy atom. The first-order valence-electron chi connectivity index (χ1n) is 9.12. The van der Waals surface area contributed by atoms with Gasteiger partial charge in [-0.15, -0.1) is 0 Å². The summed E-state index contributed by atoms with van der Waals surface area (Å²) in [5.74, 6) is -0.596. The number of rotatable bonds is 7. The molecule has 0 aromatic heterocycles. The van der Waals surface area contributed by atoms with Crippen LogP contribution in [-0.4, -0.2) is 20.2 Å². The van der Waals surface area contributed by atoms with Crippen molar-refractivity contribution < 1.29 is 13.2 Å². The first-order chi connectivity index (χ1) is 13.4. The zero-order valence-electron chi connectivity index (χ0n) is 15.9. The number of carbonyl (C=O) groups excluding carboxylic acids is 1. The van der Waals surface area contributed by atoms with Crippen LogP contribution in [0.4, 0.5) is 0 Å². The van der Waals surface area contributed by atoms with Gasteiger partial charge in [0.15, 0.2) is 5.78 Å². The Morgan fingerprint density at radius 1 is 0.821 bits per heavy atom. The Bertz CT molecular complexity index is 1030. The molecule has 0 saturated carbocycles. The van der Waals surface area contributed by atoms with Gasteiger partial charge in [-0.3, -0.25) is 4.79 Å². The van der Waals surface area contributed by atoms with Gasteiger partial charge in [-0.05, 0) is 24.6 Å². The highest BCUT2D eigenvalue weighted by molar-refractivity contribution is 7.89. The van der Waals surface area contributed by atoms with E-state index >= 15 is 0 Å². The minimum atomic E-state index is -3.85. The van der Waals surface area contributed by atoms with Gasteiger partial charge in [-0.25, -0.2) is 8.42 Å². The lowest BCUT2D eigenvalue weighted by atomic mass is 9.89. The Hall–Kier alpha value is -2.76. The fourth-order valence-electron chi connectivity index (χ4n) is 3.07.